The quantitative estimate of drug-likeness (QED) is 0.927. The number of ether oxygens (including phenoxy) is 1. The average molecular weight is 288 g/mol. The Kier molecular flexibility index (Phi) is 4.27. The number of amides is 1. The maximum Gasteiger partial charge on any atom is 0.241 e. The maximum atomic E-state index is 12.4. The Bertz CT molecular complexity index is 530. The van der Waals surface area contributed by atoms with Gasteiger partial charge in [0.15, 0.2) is 0 Å². The smallest absolute Gasteiger partial charge is 0.241 e. The molecule has 1 aliphatic carbocycles. The van der Waals surface area contributed by atoms with E-state index in [1.807, 2.05) is 13.0 Å². The number of morpholine rings is 1. The topological polar surface area (TPSA) is 41.6 Å². The average Bonchev–Trinajstić information content (AvgIpc) is 2.94. The van der Waals surface area contributed by atoms with E-state index in [1.54, 1.807) is 0 Å². The van der Waals surface area contributed by atoms with Gasteiger partial charge in [0.1, 0.15) is 0 Å². The van der Waals surface area contributed by atoms with E-state index in [4.69, 9.17) is 4.74 Å². The fourth-order valence-electron chi connectivity index (χ4n) is 3.26. The van der Waals surface area contributed by atoms with Crippen LogP contribution in [0.5, 0.6) is 0 Å². The molecule has 114 valence electrons. The first-order chi connectivity index (χ1) is 10.1. The van der Waals surface area contributed by atoms with E-state index >= 15 is 0 Å². The molecule has 1 N–H and O–H groups in total. The summed E-state index contributed by atoms with van der Waals surface area (Å²) in [6, 6.07) is 6.19. The summed E-state index contributed by atoms with van der Waals surface area (Å²) < 4.78 is 5.53. The molecule has 0 unspecified atom stereocenters. The predicted octanol–water partition coefficient (Wildman–Crippen LogP) is 2.22. The van der Waals surface area contributed by atoms with E-state index in [9.17, 15) is 4.79 Å². The molecule has 0 bridgehead atoms. The maximum absolute atomic E-state index is 12.4. The minimum absolute atomic E-state index is 0.0713. The Morgan fingerprint density at radius 3 is 3.00 bits per heavy atom. The molecule has 0 saturated carbocycles. The number of anilines is 1. The number of carbonyl (C=O) groups excluding carboxylic acids is 1. The van der Waals surface area contributed by atoms with Gasteiger partial charge in [-0.1, -0.05) is 6.07 Å². The van der Waals surface area contributed by atoms with Crippen LogP contribution in [0, 0.1) is 0 Å². The number of hydrogen-bond donors (Lipinski definition) is 1. The Balaban J connectivity index is 1.62. The monoisotopic (exact) mass is 288 g/mol. The highest BCUT2D eigenvalue weighted by Crippen LogP contribution is 2.25. The molecule has 0 aromatic heterocycles. The highest BCUT2D eigenvalue weighted by Gasteiger charge is 2.26. The third kappa shape index (κ3) is 3.27. The number of rotatable bonds is 3. The van der Waals surface area contributed by atoms with Crippen LogP contribution in [0.25, 0.3) is 0 Å². The van der Waals surface area contributed by atoms with Gasteiger partial charge in [0.2, 0.25) is 5.91 Å². The molecule has 1 aliphatic heterocycles. The van der Waals surface area contributed by atoms with E-state index in [2.05, 4.69) is 29.3 Å². The number of aryl methyl sites for hydroxylation is 2. The second-order valence-electron chi connectivity index (χ2n) is 6.18. The summed E-state index contributed by atoms with van der Waals surface area (Å²) >= 11 is 0. The van der Waals surface area contributed by atoms with Gasteiger partial charge >= 0.3 is 0 Å². The van der Waals surface area contributed by atoms with E-state index in [-0.39, 0.29) is 18.1 Å². The fraction of sp³-hybridized carbons (Fsp3) is 0.588. The van der Waals surface area contributed by atoms with Crippen LogP contribution < -0.4 is 5.32 Å². The van der Waals surface area contributed by atoms with Crippen LogP contribution in [0.3, 0.4) is 0 Å². The summed E-state index contributed by atoms with van der Waals surface area (Å²) in [5.74, 6) is 0.0713. The standard InChI is InChI=1S/C17H24N2O2/c1-12-11-19(8-9-21-12)13(2)17(20)18-16-7-6-14-4-3-5-15(14)10-16/h6-7,10,12-13H,3-5,8-9,11H2,1-2H3,(H,18,20)/t12-,13-/m1/s1. The van der Waals surface area contributed by atoms with Crippen LogP contribution in [-0.2, 0) is 22.4 Å². The van der Waals surface area contributed by atoms with E-state index in [0.29, 0.717) is 6.61 Å². The van der Waals surface area contributed by atoms with Gasteiger partial charge in [-0.3, -0.25) is 9.69 Å². The van der Waals surface area contributed by atoms with Crippen LogP contribution in [0.4, 0.5) is 5.69 Å². The van der Waals surface area contributed by atoms with Gasteiger partial charge < -0.3 is 10.1 Å². The van der Waals surface area contributed by atoms with Crippen molar-refractivity contribution in [1.82, 2.24) is 4.90 Å². The fourth-order valence-corrected chi connectivity index (χ4v) is 3.26. The lowest BCUT2D eigenvalue weighted by molar-refractivity contribution is -0.123. The molecule has 1 aromatic carbocycles. The predicted molar refractivity (Wildman–Crippen MR) is 83.5 cm³/mol. The summed E-state index contributed by atoms with van der Waals surface area (Å²) in [7, 11) is 0. The first-order valence-electron chi connectivity index (χ1n) is 7.92. The van der Waals surface area contributed by atoms with Crippen molar-refractivity contribution in [3.63, 3.8) is 0 Å². The molecule has 0 spiro atoms. The number of hydrogen-bond acceptors (Lipinski definition) is 3. The highest BCUT2D eigenvalue weighted by atomic mass is 16.5. The van der Waals surface area contributed by atoms with Crippen molar-refractivity contribution in [3.8, 4) is 0 Å². The summed E-state index contributed by atoms with van der Waals surface area (Å²) in [4.78, 5) is 14.6. The van der Waals surface area contributed by atoms with E-state index < -0.39 is 0 Å². The molecule has 21 heavy (non-hydrogen) atoms. The molecule has 2 atom stereocenters. The van der Waals surface area contributed by atoms with Gasteiger partial charge in [-0.2, -0.15) is 0 Å². The van der Waals surface area contributed by atoms with Crippen molar-refractivity contribution >= 4 is 11.6 Å². The van der Waals surface area contributed by atoms with Gasteiger partial charge in [0.25, 0.3) is 0 Å². The molecular formula is C17H24N2O2. The van der Waals surface area contributed by atoms with E-state index in [1.165, 1.54) is 24.0 Å². The van der Waals surface area contributed by atoms with Crippen LogP contribution in [0.2, 0.25) is 0 Å². The molecular weight excluding hydrogens is 264 g/mol. The van der Waals surface area contributed by atoms with E-state index in [0.717, 1.165) is 25.2 Å². The van der Waals surface area contributed by atoms with Crippen LogP contribution in [0.15, 0.2) is 18.2 Å². The van der Waals surface area contributed by atoms with Gasteiger partial charge in [-0.05, 0) is 56.4 Å². The summed E-state index contributed by atoms with van der Waals surface area (Å²) in [5, 5.41) is 3.06. The van der Waals surface area contributed by atoms with Gasteiger partial charge in [-0.25, -0.2) is 0 Å². The van der Waals surface area contributed by atoms with Crippen molar-refractivity contribution in [2.75, 3.05) is 25.0 Å². The number of fused-ring (bicyclic) bond motifs is 1. The van der Waals surface area contributed by atoms with Crippen molar-refractivity contribution in [1.29, 1.82) is 0 Å². The number of carbonyl (C=O) groups is 1. The second kappa shape index (κ2) is 6.16. The molecule has 2 aliphatic rings. The molecule has 4 heteroatoms. The van der Waals surface area contributed by atoms with Crippen molar-refractivity contribution in [2.24, 2.45) is 0 Å². The Morgan fingerprint density at radius 2 is 2.19 bits per heavy atom. The number of nitrogens with one attached hydrogen (secondary N) is 1. The Hall–Kier alpha value is -1.39. The SMILES string of the molecule is C[C@@H]1CN([C@H](C)C(=O)Nc2ccc3c(c2)CCC3)CCO1. The summed E-state index contributed by atoms with van der Waals surface area (Å²) in [6.07, 6.45) is 3.74. The lowest BCUT2D eigenvalue weighted by atomic mass is 10.1. The molecule has 1 fully saturated rings. The second-order valence-corrected chi connectivity index (χ2v) is 6.18. The molecule has 0 radical (unpaired) electrons. The molecule has 1 amide bonds. The normalized spacial score (nSPS) is 23.6. The van der Waals surface area contributed by atoms with Crippen molar-refractivity contribution < 1.29 is 9.53 Å². The summed E-state index contributed by atoms with van der Waals surface area (Å²) in [6.45, 7) is 6.37. The molecule has 1 saturated heterocycles. The zero-order valence-corrected chi connectivity index (χ0v) is 12.9. The highest BCUT2D eigenvalue weighted by molar-refractivity contribution is 5.94. The molecule has 3 rings (SSSR count). The van der Waals surface area contributed by atoms with Gasteiger partial charge in [0.05, 0.1) is 18.8 Å². The minimum atomic E-state index is -0.121. The molecule has 4 nitrogen and oxygen atoms in total. The number of benzene rings is 1. The zero-order valence-electron chi connectivity index (χ0n) is 12.9. The van der Waals surface area contributed by atoms with Crippen molar-refractivity contribution in [2.45, 2.75) is 45.3 Å². The van der Waals surface area contributed by atoms with Gasteiger partial charge in [0, 0.05) is 18.8 Å². The lowest BCUT2D eigenvalue weighted by Gasteiger charge is -2.34. The first-order valence-corrected chi connectivity index (χ1v) is 7.92. The van der Waals surface area contributed by atoms with Crippen LogP contribution in [-0.4, -0.2) is 42.6 Å². The molecule has 1 heterocycles. The zero-order chi connectivity index (χ0) is 14.8. The largest absolute Gasteiger partial charge is 0.376 e. The van der Waals surface area contributed by atoms with Crippen LogP contribution in [0.1, 0.15) is 31.4 Å². The third-order valence-corrected chi connectivity index (χ3v) is 4.57. The minimum Gasteiger partial charge on any atom is -0.376 e. The number of nitrogens with zero attached hydrogens (tertiary/aromatic N) is 1. The Morgan fingerprint density at radius 1 is 1.38 bits per heavy atom. The Labute approximate surface area is 126 Å². The van der Waals surface area contributed by atoms with Gasteiger partial charge in [-0.15, -0.1) is 0 Å². The first kappa shape index (κ1) is 14.5. The third-order valence-electron chi connectivity index (χ3n) is 4.57. The summed E-state index contributed by atoms with van der Waals surface area (Å²) in [5.41, 5.74) is 3.75. The molecule has 1 aromatic rings. The van der Waals surface area contributed by atoms with Crippen LogP contribution >= 0.6 is 0 Å². The lowest BCUT2D eigenvalue weighted by Crippen LogP contribution is -2.50. The van der Waals surface area contributed by atoms with Crippen molar-refractivity contribution in [3.05, 3.63) is 29.3 Å².